The second kappa shape index (κ2) is 6.54. The van der Waals surface area contributed by atoms with Gasteiger partial charge in [-0.2, -0.15) is 0 Å². The number of nitrogens with zero attached hydrogens (tertiary/aromatic N) is 1. The predicted octanol–water partition coefficient (Wildman–Crippen LogP) is -0.370. The molecule has 0 aromatic rings. The maximum absolute atomic E-state index is 11.9. The first kappa shape index (κ1) is 13.9. The summed E-state index contributed by atoms with van der Waals surface area (Å²) in [5.41, 5.74) is 0. The maximum atomic E-state index is 11.9. The predicted molar refractivity (Wildman–Crippen MR) is 63.7 cm³/mol. The van der Waals surface area contributed by atoms with E-state index in [4.69, 9.17) is 5.11 Å². The monoisotopic (exact) mass is 250 g/mol. The van der Waals surface area contributed by atoms with Gasteiger partial charge in [0.05, 0.1) is 5.75 Å². The van der Waals surface area contributed by atoms with Gasteiger partial charge in [0, 0.05) is 26.2 Å². The Kier molecular flexibility index (Phi) is 5.68. The van der Waals surface area contributed by atoms with Crippen molar-refractivity contribution in [3.05, 3.63) is 0 Å². The number of nitrogens with one attached hydrogen (secondary N) is 1. The molecule has 0 aromatic carbocycles. The summed E-state index contributed by atoms with van der Waals surface area (Å²) in [6.45, 7) is 1.85. The summed E-state index contributed by atoms with van der Waals surface area (Å²) < 4.78 is 25.4. The van der Waals surface area contributed by atoms with Gasteiger partial charge >= 0.3 is 0 Å². The van der Waals surface area contributed by atoms with Gasteiger partial charge in [-0.05, 0) is 32.2 Å². The average molecular weight is 250 g/mol. The summed E-state index contributed by atoms with van der Waals surface area (Å²) in [6.07, 6.45) is 2.64. The lowest BCUT2D eigenvalue weighted by atomic mass is 9.97. The van der Waals surface area contributed by atoms with Crippen molar-refractivity contribution in [1.29, 1.82) is 0 Å². The Hall–Kier alpha value is -0.170. The van der Waals surface area contributed by atoms with Crippen LogP contribution in [0.3, 0.4) is 0 Å². The lowest BCUT2D eigenvalue weighted by molar-refractivity contribution is 0.203. The molecule has 1 aliphatic rings. The summed E-state index contributed by atoms with van der Waals surface area (Å²) in [4.78, 5) is 0. The molecule has 0 spiro atoms. The summed E-state index contributed by atoms with van der Waals surface area (Å²) in [5, 5.41) is 11.7. The average Bonchev–Trinajstić information content (AvgIpc) is 2.27. The van der Waals surface area contributed by atoms with Crippen molar-refractivity contribution in [1.82, 2.24) is 9.62 Å². The van der Waals surface area contributed by atoms with Gasteiger partial charge in [-0.25, -0.2) is 12.7 Å². The molecule has 0 aliphatic carbocycles. The molecule has 5 nitrogen and oxygen atoms in total. The zero-order valence-corrected chi connectivity index (χ0v) is 10.7. The van der Waals surface area contributed by atoms with Crippen LogP contribution < -0.4 is 5.32 Å². The van der Waals surface area contributed by atoms with Crippen molar-refractivity contribution in [3.8, 4) is 0 Å². The Bertz CT molecular complexity index is 290. The molecule has 0 radical (unpaired) electrons. The van der Waals surface area contributed by atoms with Gasteiger partial charge in [-0.15, -0.1) is 0 Å². The first-order chi connectivity index (χ1) is 7.60. The highest BCUT2D eigenvalue weighted by Gasteiger charge is 2.27. The quantitative estimate of drug-likeness (QED) is 0.675. The van der Waals surface area contributed by atoms with Crippen LogP contribution in [-0.4, -0.2) is 56.9 Å². The number of hydrogen-bond acceptors (Lipinski definition) is 4. The van der Waals surface area contributed by atoms with Gasteiger partial charge < -0.3 is 10.4 Å². The van der Waals surface area contributed by atoms with E-state index in [1.807, 2.05) is 0 Å². The molecule has 96 valence electrons. The van der Waals surface area contributed by atoms with E-state index in [-0.39, 0.29) is 12.4 Å². The summed E-state index contributed by atoms with van der Waals surface area (Å²) in [7, 11) is -1.36. The molecule has 16 heavy (non-hydrogen) atoms. The Morgan fingerprint density at radius 1 is 1.50 bits per heavy atom. The zero-order chi connectivity index (χ0) is 12.0. The van der Waals surface area contributed by atoms with Crippen LogP contribution in [0.25, 0.3) is 0 Å². The van der Waals surface area contributed by atoms with Crippen molar-refractivity contribution >= 4 is 10.0 Å². The van der Waals surface area contributed by atoms with Gasteiger partial charge in [-0.3, -0.25) is 0 Å². The number of piperidine rings is 1. The van der Waals surface area contributed by atoms with Crippen LogP contribution in [0.1, 0.15) is 19.3 Å². The van der Waals surface area contributed by atoms with Crippen molar-refractivity contribution in [3.63, 3.8) is 0 Å². The van der Waals surface area contributed by atoms with E-state index in [1.54, 1.807) is 11.4 Å². The van der Waals surface area contributed by atoms with Crippen LogP contribution in [-0.2, 0) is 10.0 Å². The molecule has 6 heteroatoms. The number of rotatable bonds is 6. The molecule has 0 bridgehead atoms. The Morgan fingerprint density at radius 3 is 2.88 bits per heavy atom. The lowest BCUT2D eigenvalue weighted by Crippen LogP contribution is -2.42. The molecule has 0 aromatic heterocycles. The molecule has 1 atom stereocenters. The van der Waals surface area contributed by atoms with E-state index in [0.29, 0.717) is 32.0 Å². The van der Waals surface area contributed by atoms with E-state index in [0.717, 1.165) is 12.8 Å². The molecular weight excluding hydrogens is 228 g/mol. The van der Waals surface area contributed by atoms with Gasteiger partial charge in [0.15, 0.2) is 0 Å². The third-order valence-electron chi connectivity index (χ3n) is 3.02. The van der Waals surface area contributed by atoms with Gasteiger partial charge in [0.25, 0.3) is 0 Å². The van der Waals surface area contributed by atoms with Crippen LogP contribution >= 0.6 is 0 Å². The fourth-order valence-corrected chi connectivity index (χ4v) is 3.62. The molecule has 2 N–H and O–H groups in total. The zero-order valence-electron chi connectivity index (χ0n) is 9.85. The van der Waals surface area contributed by atoms with Gasteiger partial charge in [0.2, 0.25) is 10.0 Å². The van der Waals surface area contributed by atoms with Crippen LogP contribution in [0.2, 0.25) is 0 Å². The van der Waals surface area contributed by atoms with E-state index in [2.05, 4.69) is 5.32 Å². The standard InChI is InChI=1S/C10H22N2O3S/c1-11-5-8-16(14,15)12-6-2-3-10(9-12)4-7-13/h10-11,13H,2-9H2,1H3. The highest BCUT2D eigenvalue weighted by Crippen LogP contribution is 2.21. The van der Waals surface area contributed by atoms with Crippen LogP contribution in [0.5, 0.6) is 0 Å². The summed E-state index contributed by atoms with van der Waals surface area (Å²) in [6, 6.07) is 0. The molecule has 1 rings (SSSR count). The second-order valence-corrected chi connectivity index (χ2v) is 6.39. The molecule has 1 saturated heterocycles. The lowest BCUT2D eigenvalue weighted by Gasteiger charge is -2.31. The number of aliphatic hydroxyl groups is 1. The number of hydrogen-bond donors (Lipinski definition) is 2. The first-order valence-electron chi connectivity index (χ1n) is 5.83. The van der Waals surface area contributed by atoms with E-state index < -0.39 is 10.0 Å². The minimum atomic E-state index is -3.11. The fourth-order valence-electron chi connectivity index (χ4n) is 2.06. The normalized spacial score (nSPS) is 23.5. The third kappa shape index (κ3) is 4.01. The third-order valence-corrected chi connectivity index (χ3v) is 4.86. The molecule has 1 unspecified atom stereocenters. The molecule has 1 heterocycles. The Balaban J connectivity index is 2.52. The minimum Gasteiger partial charge on any atom is -0.396 e. The molecular formula is C10H22N2O3S. The van der Waals surface area contributed by atoms with Crippen molar-refractivity contribution < 1.29 is 13.5 Å². The molecule has 1 fully saturated rings. The fraction of sp³-hybridized carbons (Fsp3) is 1.00. The first-order valence-corrected chi connectivity index (χ1v) is 7.44. The highest BCUT2D eigenvalue weighted by molar-refractivity contribution is 7.89. The van der Waals surface area contributed by atoms with Crippen LogP contribution in [0.4, 0.5) is 0 Å². The largest absolute Gasteiger partial charge is 0.396 e. The van der Waals surface area contributed by atoms with Gasteiger partial charge in [-0.1, -0.05) is 0 Å². The van der Waals surface area contributed by atoms with Gasteiger partial charge in [0.1, 0.15) is 0 Å². The maximum Gasteiger partial charge on any atom is 0.215 e. The topological polar surface area (TPSA) is 69.6 Å². The number of aliphatic hydroxyl groups excluding tert-OH is 1. The summed E-state index contributed by atoms with van der Waals surface area (Å²) >= 11 is 0. The molecule has 0 saturated carbocycles. The molecule has 0 amide bonds. The molecule has 1 aliphatic heterocycles. The van der Waals surface area contributed by atoms with Crippen LogP contribution in [0.15, 0.2) is 0 Å². The van der Waals surface area contributed by atoms with Crippen molar-refractivity contribution in [2.75, 3.05) is 39.0 Å². The summed E-state index contributed by atoms with van der Waals surface area (Å²) in [5.74, 6) is 0.484. The second-order valence-electron chi connectivity index (χ2n) is 4.30. The Labute approximate surface area is 97.9 Å². The van der Waals surface area contributed by atoms with Crippen LogP contribution in [0, 0.1) is 5.92 Å². The Morgan fingerprint density at radius 2 is 2.25 bits per heavy atom. The smallest absolute Gasteiger partial charge is 0.215 e. The minimum absolute atomic E-state index is 0.148. The number of sulfonamides is 1. The van der Waals surface area contributed by atoms with E-state index in [9.17, 15) is 8.42 Å². The highest BCUT2D eigenvalue weighted by atomic mass is 32.2. The van der Waals surface area contributed by atoms with Crippen molar-refractivity contribution in [2.24, 2.45) is 5.92 Å². The van der Waals surface area contributed by atoms with E-state index >= 15 is 0 Å². The van der Waals surface area contributed by atoms with Crippen molar-refractivity contribution in [2.45, 2.75) is 19.3 Å². The van der Waals surface area contributed by atoms with E-state index in [1.165, 1.54) is 0 Å². The SMILES string of the molecule is CNCCS(=O)(=O)N1CCCC(CCO)C1.